The second-order valence-corrected chi connectivity index (χ2v) is 6.02. The van der Waals surface area contributed by atoms with Gasteiger partial charge in [-0.2, -0.15) is 4.98 Å². The van der Waals surface area contributed by atoms with Crippen LogP contribution in [-0.4, -0.2) is 23.8 Å². The standard InChI is InChI=1S/C14H23N3O2/c1-18-14(8-4-5-9-14)11-16-12(19-17-11)13(10-15)6-2-3-7-13/h2-10,15H2,1H3. The van der Waals surface area contributed by atoms with Gasteiger partial charge >= 0.3 is 0 Å². The van der Waals surface area contributed by atoms with E-state index in [1.165, 1.54) is 25.7 Å². The van der Waals surface area contributed by atoms with Crippen LogP contribution in [0, 0.1) is 0 Å². The molecule has 19 heavy (non-hydrogen) atoms. The van der Waals surface area contributed by atoms with Gasteiger partial charge in [0.1, 0.15) is 5.60 Å². The molecule has 2 saturated carbocycles. The van der Waals surface area contributed by atoms with Gasteiger partial charge in [-0.3, -0.25) is 0 Å². The van der Waals surface area contributed by atoms with E-state index in [4.69, 9.17) is 15.0 Å². The molecule has 2 aliphatic carbocycles. The first kappa shape index (κ1) is 13.1. The number of hydrogen-bond acceptors (Lipinski definition) is 5. The van der Waals surface area contributed by atoms with E-state index in [2.05, 4.69) is 10.1 Å². The highest BCUT2D eigenvalue weighted by molar-refractivity contribution is 5.12. The van der Waals surface area contributed by atoms with Crippen molar-refractivity contribution in [1.82, 2.24) is 10.1 Å². The molecule has 0 unspecified atom stereocenters. The fraction of sp³-hybridized carbons (Fsp3) is 0.857. The van der Waals surface area contributed by atoms with Crippen LogP contribution in [0.3, 0.4) is 0 Å². The Morgan fingerprint density at radius 2 is 1.79 bits per heavy atom. The first-order chi connectivity index (χ1) is 9.25. The predicted octanol–water partition coefficient (Wildman–Crippen LogP) is 2.26. The highest BCUT2D eigenvalue weighted by atomic mass is 16.5. The Hall–Kier alpha value is -0.940. The van der Waals surface area contributed by atoms with Crippen molar-refractivity contribution in [3.05, 3.63) is 11.7 Å². The smallest absolute Gasteiger partial charge is 0.234 e. The Labute approximate surface area is 113 Å². The van der Waals surface area contributed by atoms with Gasteiger partial charge in [-0.05, 0) is 38.5 Å². The minimum absolute atomic E-state index is 0.0845. The lowest BCUT2D eigenvalue weighted by Gasteiger charge is -2.24. The molecule has 0 radical (unpaired) electrons. The van der Waals surface area contributed by atoms with Crippen LogP contribution in [0.2, 0.25) is 0 Å². The molecule has 0 saturated heterocycles. The summed E-state index contributed by atoms with van der Waals surface area (Å²) in [6.07, 6.45) is 8.82. The van der Waals surface area contributed by atoms with Crippen molar-refractivity contribution < 1.29 is 9.26 Å². The van der Waals surface area contributed by atoms with Crippen molar-refractivity contribution in [3.63, 3.8) is 0 Å². The van der Waals surface area contributed by atoms with Crippen molar-refractivity contribution in [1.29, 1.82) is 0 Å². The molecule has 0 atom stereocenters. The molecule has 106 valence electrons. The largest absolute Gasteiger partial charge is 0.370 e. The Kier molecular flexibility index (Phi) is 3.35. The zero-order chi connectivity index (χ0) is 13.3. The summed E-state index contributed by atoms with van der Waals surface area (Å²) in [5, 5.41) is 4.21. The number of nitrogens with zero attached hydrogens (tertiary/aromatic N) is 2. The molecule has 1 heterocycles. The Morgan fingerprint density at radius 1 is 1.16 bits per heavy atom. The van der Waals surface area contributed by atoms with E-state index in [0.717, 1.165) is 37.4 Å². The van der Waals surface area contributed by atoms with Gasteiger partial charge in [-0.25, -0.2) is 0 Å². The van der Waals surface area contributed by atoms with E-state index in [0.29, 0.717) is 6.54 Å². The molecule has 0 spiro atoms. The van der Waals surface area contributed by atoms with Gasteiger partial charge < -0.3 is 15.0 Å². The molecule has 1 aromatic heterocycles. The number of nitrogens with two attached hydrogens (primary N) is 1. The predicted molar refractivity (Wildman–Crippen MR) is 70.7 cm³/mol. The van der Waals surface area contributed by atoms with Gasteiger partial charge in [-0.1, -0.05) is 18.0 Å². The van der Waals surface area contributed by atoms with Gasteiger partial charge in [-0.15, -0.1) is 0 Å². The van der Waals surface area contributed by atoms with Crippen LogP contribution in [0.1, 0.15) is 63.1 Å². The summed E-state index contributed by atoms with van der Waals surface area (Å²) in [4.78, 5) is 4.68. The Morgan fingerprint density at radius 3 is 2.37 bits per heavy atom. The fourth-order valence-electron chi connectivity index (χ4n) is 3.65. The van der Waals surface area contributed by atoms with Crippen molar-refractivity contribution in [2.75, 3.05) is 13.7 Å². The molecule has 3 rings (SSSR count). The van der Waals surface area contributed by atoms with Gasteiger partial charge in [0.05, 0.1) is 5.41 Å². The fourth-order valence-corrected chi connectivity index (χ4v) is 3.65. The molecule has 5 nitrogen and oxygen atoms in total. The van der Waals surface area contributed by atoms with E-state index in [9.17, 15) is 0 Å². The average molecular weight is 265 g/mol. The van der Waals surface area contributed by atoms with E-state index in [1.54, 1.807) is 7.11 Å². The topological polar surface area (TPSA) is 74.2 Å². The monoisotopic (exact) mass is 265 g/mol. The van der Waals surface area contributed by atoms with Crippen molar-refractivity contribution >= 4 is 0 Å². The zero-order valence-electron chi connectivity index (χ0n) is 11.7. The van der Waals surface area contributed by atoms with Crippen LogP contribution in [0.5, 0.6) is 0 Å². The summed E-state index contributed by atoms with van der Waals surface area (Å²) in [5.74, 6) is 1.45. The maximum absolute atomic E-state index is 5.97. The second kappa shape index (κ2) is 4.87. The van der Waals surface area contributed by atoms with E-state index >= 15 is 0 Å². The molecule has 2 aliphatic rings. The van der Waals surface area contributed by atoms with Crippen molar-refractivity contribution in [3.8, 4) is 0 Å². The first-order valence-corrected chi connectivity index (χ1v) is 7.35. The quantitative estimate of drug-likeness (QED) is 0.903. The molecule has 2 fully saturated rings. The van der Waals surface area contributed by atoms with Gasteiger partial charge in [0.25, 0.3) is 0 Å². The van der Waals surface area contributed by atoms with Gasteiger partial charge in [0.2, 0.25) is 11.7 Å². The summed E-state index contributed by atoms with van der Waals surface area (Å²) in [5.41, 5.74) is 5.56. The Balaban J connectivity index is 1.90. The molecule has 2 N–H and O–H groups in total. The molecule has 0 bridgehead atoms. The first-order valence-electron chi connectivity index (χ1n) is 7.35. The number of hydrogen-bond donors (Lipinski definition) is 1. The van der Waals surface area contributed by atoms with Crippen LogP contribution >= 0.6 is 0 Å². The summed E-state index contributed by atoms with van der Waals surface area (Å²) in [6, 6.07) is 0. The van der Waals surface area contributed by atoms with E-state index in [-0.39, 0.29) is 11.0 Å². The maximum Gasteiger partial charge on any atom is 0.234 e. The van der Waals surface area contributed by atoms with Crippen LogP contribution in [0.4, 0.5) is 0 Å². The number of rotatable bonds is 4. The molecule has 0 aliphatic heterocycles. The molecule has 0 amide bonds. The molecule has 0 aromatic carbocycles. The molecular formula is C14H23N3O2. The highest BCUT2D eigenvalue weighted by Crippen LogP contribution is 2.43. The highest BCUT2D eigenvalue weighted by Gasteiger charge is 2.44. The van der Waals surface area contributed by atoms with Gasteiger partial charge in [0.15, 0.2) is 0 Å². The molecular weight excluding hydrogens is 242 g/mol. The SMILES string of the molecule is COC1(c2noc(C3(CN)CCCC3)n2)CCCC1. The normalized spacial score (nSPS) is 24.9. The third-order valence-electron chi connectivity index (χ3n) is 5.04. The summed E-state index contributed by atoms with van der Waals surface area (Å²) in [6.45, 7) is 0.592. The van der Waals surface area contributed by atoms with Crippen LogP contribution in [-0.2, 0) is 15.8 Å². The summed E-state index contributed by atoms with van der Waals surface area (Å²) in [7, 11) is 1.75. The van der Waals surface area contributed by atoms with Gasteiger partial charge in [0, 0.05) is 13.7 Å². The number of methoxy groups -OCH3 is 1. The third-order valence-corrected chi connectivity index (χ3v) is 5.04. The second-order valence-electron chi connectivity index (χ2n) is 6.02. The van der Waals surface area contributed by atoms with Crippen molar-refractivity contribution in [2.45, 2.75) is 62.4 Å². The lowest BCUT2D eigenvalue weighted by molar-refractivity contribution is -0.0178. The van der Waals surface area contributed by atoms with E-state index < -0.39 is 0 Å². The lowest BCUT2D eigenvalue weighted by Crippen LogP contribution is -2.33. The van der Waals surface area contributed by atoms with Crippen molar-refractivity contribution in [2.24, 2.45) is 5.73 Å². The molecule has 5 heteroatoms. The van der Waals surface area contributed by atoms with Crippen LogP contribution in [0.15, 0.2) is 4.52 Å². The third kappa shape index (κ3) is 1.99. The minimum Gasteiger partial charge on any atom is -0.370 e. The Bertz CT molecular complexity index is 393. The summed E-state index contributed by atoms with van der Waals surface area (Å²) >= 11 is 0. The average Bonchev–Trinajstić information content (AvgIpc) is 3.18. The summed E-state index contributed by atoms with van der Waals surface area (Å²) < 4.78 is 11.3. The lowest BCUT2D eigenvalue weighted by atomic mass is 9.86. The number of ether oxygens (including phenoxy) is 1. The van der Waals surface area contributed by atoms with Crippen LogP contribution < -0.4 is 5.73 Å². The minimum atomic E-state index is -0.323. The van der Waals surface area contributed by atoms with Crippen LogP contribution in [0.25, 0.3) is 0 Å². The van der Waals surface area contributed by atoms with E-state index in [1.807, 2.05) is 0 Å². The molecule has 1 aromatic rings. The zero-order valence-corrected chi connectivity index (χ0v) is 11.7. The number of aromatic nitrogens is 2. The maximum atomic E-state index is 5.97.